The van der Waals surface area contributed by atoms with Crippen molar-refractivity contribution >= 4 is 39.1 Å². The molecule has 8 rings (SSSR count). The third kappa shape index (κ3) is 1.16. The number of rotatable bonds is 0. The highest BCUT2D eigenvalue weighted by Gasteiger charge is 2.87. The predicted octanol–water partition coefficient (Wildman–Crippen LogP) is 5.60. The van der Waals surface area contributed by atoms with Crippen LogP contribution >= 0.6 is 33.3 Å². The Morgan fingerprint density at radius 1 is 0.957 bits per heavy atom. The fourth-order valence-corrected chi connectivity index (χ4v) is 17.8. The maximum atomic E-state index is 13.2. The van der Waals surface area contributed by atoms with Crippen molar-refractivity contribution in [3.05, 3.63) is 0 Å². The Morgan fingerprint density at radius 2 is 1.57 bits per heavy atom. The monoisotopic (exact) mass is 366 g/mol. The van der Waals surface area contributed by atoms with E-state index in [1.807, 2.05) is 0 Å². The number of carbonyl (C=O) groups excluding carboxylic acids is 1. The molecule has 0 N–H and O–H groups in total. The number of ketones is 1. The van der Waals surface area contributed by atoms with E-state index in [-0.39, 0.29) is 16.2 Å². The van der Waals surface area contributed by atoms with Crippen molar-refractivity contribution in [1.29, 1.82) is 0 Å². The summed E-state index contributed by atoms with van der Waals surface area (Å²) in [7, 11) is 4.42. The molecule has 0 aromatic carbocycles. The number of hydrogen-bond acceptors (Lipinski definition) is 4. The van der Waals surface area contributed by atoms with Crippen LogP contribution in [0.2, 0.25) is 0 Å². The molecule has 0 amide bonds. The van der Waals surface area contributed by atoms with E-state index in [1.165, 1.54) is 32.1 Å². The fraction of sp³-hybridized carbons (Fsp3) is 0.947. The molecule has 3 spiro atoms. The summed E-state index contributed by atoms with van der Waals surface area (Å²) in [6.45, 7) is 9.22. The number of hydrogen-bond donors (Lipinski definition) is 0. The van der Waals surface area contributed by atoms with Crippen molar-refractivity contribution in [2.24, 2.45) is 39.4 Å². The van der Waals surface area contributed by atoms with Gasteiger partial charge in [-0.05, 0) is 55.3 Å². The van der Waals surface area contributed by atoms with E-state index >= 15 is 0 Å². The molecule has 3 heterocycles. The first-order chi connectivity index (χ1) is 10.7. The van der Waals surface area contributed by atoms with Gasteiger partial charge in [-0.25, -0.2) is 0 Å². The van der Waals surface area contributed by atoms with E-state index in [1.54, 1.807) is 0 Å². The lowest BCUT2D eigenvalue weighted by molar-refractivity contribution is -0.254. The highest BCUT2D eigenvalue weighted by atomic mass is 33.1. The molecular formula is C19H26OS3. The van der Waals surface area contributed by atoms with Crippen LogP contribution in [0.3, 0.4) is 0 Å². The van der Waals surface area contributed by atoms with Crippen LogP contribution in [0.4, 0.5) is 0 Å². The Bertz CT molecular complexity index is 617. The van der Waals surface area contributed by atoms with Crippen LogP contribution in [-0.2, 0) is 4.79 Å². The number of carbonyl (C=O) groups is 1. The Morgan fingerprint density at radius 3 is 2.17 bits per heavy atom. The molecule has 6 bridgehead atoms. The van der Waals surface area contributed by atoms with Gasteiger partial charge in [-0.15, -0.1) is 11.8 Å². The fourth-order valence-electron chi connectivity index (χ4n) is 9.25. The topological polar surface area (TPSA) is 17.1 Å². The van der Waals surface area contributed by atoms with Gasteiger partial charge in [0.05, 0.1) is 8.66 Å². The predicted molar refractivity (Wildman–Crippen MR) is 100 cm³/mol. The first-order valence-electron chi connectivity index (χ1n) is 9.28. The van der Waals surface area contributed by atoms with E-state index in [0.717, 1.165) is 17.8 Å². The zero-order chi connectivity index (χ0) is 16.0. The van der Waals surface area contributed by atoms with Crippen LogP contribution < -0.4 is 0 Å². The molecule has 4 unspecified atom stereocenters. The first kappa shape index (κ1) is 14.8. The van der Waals surface area contributed by atoms with Crippen LogP contribution in [0.25, 0.3) is 0 Å². The van der Waals surface area contributed by atoms with E-state index in [0.29, 0.717) is 19.9 Å². The summed E-state index contributed by atoms with van der Waals surface area (Å²) < 4.78 is 1.13. The molecule has 1 nitrogen and oxygen atoms in total. The third-order valence-corrected chi connectivity index (χ3v) is 15.8. The minimum absolute atomic E-state index is 0.138. The zero-order valence-corrected chi connectivity index (χ0v) is 16.9. The van der Waals surface area contributed by atoms with Crippen molar-refractivity contribution in [1.82, 2.24) is 0 Å². The molecule has 8 aliphatic rings. The lowest BCUT2D eigenvalue weighted by atomic mass is 9.26. The minimum Gasteiger partial charge on any atom is -0.298 e. The van der Waals surface area contributed by atoms with Crippen molar-refractivity contribution in [2.75, 3.05) is 0 Å². The Balaban J connectivity index is 1.67. The molecule has 5 saturated carbocycles. The van der Waals surface area contributed by atoms with Crippen LogP contribution in [-0.4, -0.2) is 14.4 Å². The van der Waals surface area contributed by atoms with Gasteiger partial charge in [0.15, 0.2) is 0 Å². The molecule has 4 heteroatoms. The molecule has 8 fully saturated rings. The van der Waals surface area contributed by atoms with Gasteiger partial charge in [0.25, 0.3) is 0 Å². The zero-order valence-electron chi connectivity index (χ0n) is 14.5. The second kappa shape index (κ2) is 3.71. The molecule has 6 atom stereocenters. The summed E-state index contributed by atoms with van der Waals surface area (Å²) in [6.07, 6.45) is 7.25. The standard InChI is InChI=1S/C19H26OS3/c1-15(2)13(20)16(3,4)19(15)14-21-18(23-22-14)11-5-10-6-12(18)9-17(19,7-10)8-11/h10-12,14H,5-9H2,1-4H3/t10?,11-,12+,14?,17?,18?. The number of Topliss-reactive ketones (excluding diaryl/α,β-unsaturated/α-hetero) is 1. The molecule has 23 heavy (non-hydrogen) atoms. The summed E-state index contributed by atoms with van der Waals surface area (Å²) in [4.78, 5) is 13.2. The van der Waals surface area contributed by atoms with E-state index < -0.39 is 0 Å². The quantitative estimate of drug-likeness (QED) is 0.519. The molecular weight excluding hydrogens is 340 g/mol. The van der Waals surface area contributed by atoms with E-state index in [2.05, 4.69) is 61.0 Å². The normalized spacial score (nSPS) is 58.5. The molecule has 0 aromatic heterocycles. The molecule has 3 saturated heterocycles. The highest BCUT2D eigenvalue weighted by Crippen LogP contribution is 2.92. The molecule has 0 aromatic rings. The average molecular weight is 367 g/mol. The van der Waals surface area contributed by atoms with Gasteiger partial charge in [0, 0.05) is 16.2 Å². The van der Waals surface area contributed by atoms with Crippen molar-refractivity contribution in [3.63, 3.8) is 0 Å². The average Bonchev–Trinajstić information content (AvgIpc) is 2.83. The minimum atomic E-state index is -0.138. The van der Waals surface area contributed by atoms with Crippen molar-refractivity contribution in [3.8, 4) is 0 Å². The van der Waals surface area contributed by atoms with Crippen LogP contribution in [0, 0.1) is 39.4 Å². The second-order valence-corrected chi connectivity index (χ2v) is 14.9. The van der Waals surface area contributed by atoms with Gasteiger partial charge in [0.1, 0.15) is 5.78 Å². The van der Waals surface area contributed by atoms with Gasteiger partial charge < -0.3 is 0 Å². The van der Waals surface area contributed by atoms with Crippen LogP contribution in [0.15, 0.2) is 0 Å². The third-order valence-electron chi connectivity index (χ3n) is 9.18. The van der Waals surface area contributed by atoms with E-state index in [9.17, 15) is 4.79 Å². The Labute approximate surface area is 151 Å². The molecule has 126 valence electrons. The molecule has 0 radical (unpaired) electrons. The SMILES string of the molecule is CC1(C)C(=O)C(C)(C)C12C1SSC3(S1)[C@@H]1CC4C[C@H]3CC2(C4)C1. The Hall–Kier alpha value is 0.720. The lowest BCUT2D eigenvalue weighted by Crippen LogP contribution is -2.79. The number of thioether (sulfide) groups is 1. The summed E-state index contributed by atoms with van der Waals surface area (Å²) in [5, 5.41) is 0. The van der Waals surface area contributed by atoms with Crippen LogP contribution in [0.5, 0.6) is 0 Å². The van der Waals surface area contributed by atoms with Crippen molar-refractivity contribution in [2.45, 2.75) is 68.5 Å². The summed E-state index contributed by atoms with van der Waals surface area (Å²) in [5.41, 5.74) is 0.383. The largest absolute Gasteiger partial charge is 0.298 e. The smallest absolute Gasteiger partial charge is 0.145 e. The molecule has 5 aliphatic carbocycles. The maximum absolute atomic E-state index is 13.2. The lowest BCUT2D eigenvalue weighted by Gasteiger charge is -2.77. The van der Waals surface area contributed by atoms with Gasteiger partial charge >= 0.3 is 0 Å². The van der Waals surface area contributed by atoms with Gasteiger partial charge in [-0.1, -0.05) is 49.3 Å². The molecule has 3 aliphatic heterocycles. The van der Waals surface area contributed by atoms with Gasteiger partial charge in [-0.3, -0.25) is 4.79 Å². The maximum Gasteiger partial charge on any atom is 0.145 e. The second-order valence-electron chi connectivity index (χ2n) is 10.4. The Kier molecular flexibility index (Phi) is 2.40. The van der Waals surface area contributed by atoms with Crippen molar-refractivity contribution < 1.29 is 4.79 Å². The highest BCUT2D eigenvalue weighted by molar-refractivity contribution is 8.83. The van der Waals surface area contributed by atoms with Crippen LogP contribution in [0.1, 0.15) is 59.8 Å². The van der Waals surface area contributed by atoms with Gasteiger partial charge in [0.2, 0.25) is 0 Å². The van der Waals surface area contributed by atoms with Gasteiger partial charge in [-0.2, -0.15) is 0 Å². The summed E-state index contributed by atoms with van der Waals surface area (Å²) >= 11 is 2.34. The summed E-state index contributed by atoms with van der Waals surface area (Å²) in [5.74, 6) is 3.33. The summed E-state index contributed by atoms with van der Waals surface area (Å²) in [6, 6.07) is 0. The van der Waals surface area contributed by atoms with E-state index in [4.69, 9.17) is 0 Å². The first-order valence-corrected chi connectivity index (χ1v) is 12.4.